The summed E-state index contributed by atoms with van der Waals surface area (Å²) in [5.41, 5.74) is 11.7. The van der Waals surface area contributed by atoms with Crippen LogP contribution in [0.25, 0.3) is 72.4 Å². The van der Waals surface area contributed by atoms with Gasteiger partial charge in [-0.25, -0.2) is 0 Å². The molecule has 0 fully saturated rings. The van der Waals surface area contributed by atoms with Crippen LogP contribution in [0.4, 0.5) is 0 Å². The third kappa shape index (κ3) is 7.69. The van der Waals surface area contributed by atoms with Crippen LogP contribution in [0, 0.1) is 25.8 Å². The quantitative estimate of drug-likeness (QED) is 0.150. The molecule has 3 aromatic heterocycles. The van der Waals surface area contributed by atoms with Crippen molar-refractivity contribution in [2.75, 3.05) is 0 Å². The van der Waals surface area contributed by atoms with Crippen molar-refractivity contribution in [2.45, 2.75) is 73.0 Å². The van der Waals surface area contributed by atoms with Crippen LogP contribution in [-0.2, 0) is 20.1 Å². The van der Waals surface area contributed by atoms with E-state index in [-0.39, 0.29) is 43.1 Å². The average Bonchev–Trinajstić information content (AvgIpc) is 3.84. The molecule has 0 saturated heterocycles. The zero-order valence-electron chi connectivity index (χ0n) is 40.4. The predicted octanol–water partition coefficient (Wildman–Crippen LogP) is 14.6. The summed E-state index contributed by atoms with van der Waals surface area (Å²) in [6.07, 6.45) is 1.36. The summed E-state index contributed by atoms with van der Waals surface area (Å²) in [5.74, 6) is 0.0983. The van der Waals surface area contributed by atoms with Gasteiger partial charge in [0.15, 0.2) is 0 Å². The maximum atomic E-state index is 8.30. The van der Waals surface area contributed by atoms with Crippen LogP contribution in [0.15, 0.2) is 138 Å². The Morgan fingerprint density at radius 1 is 0.707 bits per heavy atom. The van der Waals surface area contributed by atoms with Crippen molar-refractivity contribution in [3.63, 3.8) is 0 Å². The van der Waals surface area contributed by atoms with Gasteiger partial charge in [0.2, 0.25) is 0 Å². The maximum absolute atomic E-state index is 8.30. The van der Waals surface area contributed by atoms with Crippen LogP contribution in [0.2, 0.25) is 0 Å². The van der Waals surface area contributed by atoms with Crippen molar-refractivity contribution in [3.05, 3.63) is 174 Å². The van der Waals surface area contributed by atoms with E-state index in [2.05, 4.69) is 91.8 Å². The Balaban J connectivity index is 0.000000253. The van der Waals surface area contributed by atoms with Gasteiger partial charge in [0.05, 0.1) is 22.4 Å². The molecule has 3 heterocycles. The van der Waals surface area contributed by atoms with Crippen molar-refractivity contribution in [1.82, 2.24) is 14.5 Å². The molecule has 0 amide bonds. The molecule has 9 aromatic rings. The largest absolute Gasteiger partial charge is 0.501 e. The predicted molar refractivity (Wildman–Crippen MR) is 238 cm³/mol. The summed E-state index contributed by atoms with van der Waals surface area (Å²) in [7, 11) is 0. The van der Waals surface area contributed by atoms with E-state index in [4.69, 9.17) is 19.0 Å². The Morgan fingerprint density at radius 3 is 2.09 bits per heavy atom. The van der Waals surface area contributed by atoms with Gasteiger partial charge in [0.25, 0.3) is 0 Å². The molecule has 0 aliphatic heterocycles. The second kappa shape index (κ2) is 17.1. The van der Waals surface area contributed by atoms with Gasteiger partial charge in [-0.1, -0.05) is 126 Å². The third-order valence-corrected chi connectivity index (χ3v) is 10.4. The second-order valence-corrected chi connectivity index (χ2v) is 15.2. The molecule has 6 aromatic carbocycles. The number of hydrogen-bond acceptors (Lipinski definition) is 3. The smallest absolute Gasteiger partial charge is 0.120 e. The molecule has 0 unspecified atom stereocenters. The molecule has 293 valence electrons. The first-order valence-electron chi connectivity index (χ1n) is 22.9. The molecule has 0 bridgehead atoms. The van der Waals surface area contributed by atoms with Crippen LogP contribution < -0.4 is 0 Å². The van der Waals surface area contributed by atoms with Crippen molar-refractivity contribution >= 4 is 33.0 Å². The first-order chi connectivity index (χ1) is 30.3. The SMILES string of the molecule is [2H]C([2H])([2H])c1c[c-]c(-c2nc3ccccc3n2-c2c(C(C)C)cc(-c3ccccc3)cc2C(C)C)c2oc3ccccc3c12.[2H]C([2H])([2H])c1cnc(-c2[c-]cccc2)cc1C([2H])(C)C.[Ir]. The van der Waals surface area contributed by atoms with Gasteiger partial charge in [-0.3, -0.25) is 4.98 Å². The summed E-state index contributed by atoms with van der Waals surface area (Å²) in [6.45, 7) is 7.67. The molecule has 5 heteroatoms. The number of furan rings is 1. The second-order valence-electron chi connectivity index (χ2n) is 15.2. The standard InChI is InChI=1S/C38H33N2O.C15H16N.Ir/c1-23(2)30-21-27(26-13-7-6-8-14-26)22-31(24(3)4)36(30)40-33-17-11-10-16-32(33)39-38(40)29-20-19-25(5)35-28-15-9-12-18-34(28)41-37(29)35;1-11(2)14-9-15(16-10-12(14)3)13-7-5-4-6-8-13;/h6-19,21-24H,1-5H3;4-7,9-11H,1-3H3;/q2*-1;/i5D3;3D3,11D;. The molecule has 0 saturated carbocycles. The number of hydrogen-bond donors (Lipinski definition) is 0. The van der Waals surface area contributed by atoms with E-state index in [9.17, 15) is 0 Å². The van der Waals surface area contributed by atoms with Crippen molar-refractivity contribution in [1.29, 1.82) is 0 Å². The molecule has 0 aliphatic rings. The summed E-state index contributed by atoms with van der Waals surface area (Å²) in [5, 5.41) is 1.35. The van der Waals surface area contributed by atoms with E-state index in [0.29, 0.717) is 39.2 Å². The summed E-state index contributed by atoms with van der Waals surface area (Å²) >= 11 is 0. The fourth-order valence-electron chi connectivity index (χ4n) is 7.54. The number of rotatable bonds is 7. The van der Waals surface area contributed by atoms with Crippen LogP contribution in [0.5, 0.6) is 0 Å². The zero-order chi connectivity index (χ0) is 45.7. The van der Waals surface area contributed by atoms with Gasteiger partial charge >= 0.3 is 0 Å². The van der Waals surface area contributed by atoms with E-state index < -0.39 is 19.6 Å². The Kier molecular flexibility index (Phi) is 9.53. The topological polar surface area (TPSA) is 43.9 Å². The van der Waals surface area contributed by atoms with Crippen molar-refractivity contribution in [2.24, 2.45) is 0 Å². The number of fused-ring (bicyclic) bond motifs is 4. The average molecular weight is 943 g/mol. The molecule has 58 heavy (non-hydrogen) atoms. The number of para-hydroxylation sites is 3. The first-order valence-corrected chi connectivity index (χ1v) is 19.4. The summed E-state index contributed by atoms with van der Waals surface area (Å²) in [4.78, 5) is 9.40. The summed E-state index contributed by atoms with van der Waals surface area (Å²) in [6, 6.07) is 47.9. The van der Waals surface area contributed by atoms with Gasteiger partial charge in [-0.2, -0.15) is 0 Å². The fourth-order valence-corrected chi connectivity index (χ4v) is 7.54. The molecule has 0 aliphatic carbocycles. The summed E-state index contributed by atoms with van der Waals surface area (Å²) < 4.78 is 64.5. The Morgan fingerprint density at radius 2 is 1.40 bits per heavy atom. The van der Waals surface area contributed by atoms with Crippen LogP contribution in [0.3, 0.4) is 0 Å². The molecule has 0 spiro atoms. The Labute approximate surface area is 366 Å². The third-order valence-electron chi connectivity index (χ3n) is 10.4. The minimum absolute atomic E-state index is 0. The fraction of sp³-hybridized carbons (Fsp3) is 0.208. The minimum Gasteiger partial charge on any atom is -0.501 e. The molecule has 9 rings (SSSR count). The van der Waals surface area contributed by atoms with Crippen molar-refractivity contribution < 1.29 is 34.1 Å². The van der Waals surface area contributed by atoms with Gasteiger partial charge in [0.1, 0.15) is 5.58 Å². The van der Waals surface area contributed by atoms with Gasteiger partial charge in [0, 0.05) is 47.0 Å². The van der Waals surface area contributed by atoms with Gasteiger partial charge < -0.3 is 14.0 Å². The van der Waals surface area contributed by atoms with Gasteiger partial charge in [-0.15, -0.1) is 53.6 Å². The van der Waals surface area contributed by atoms with Crippen LogP contribution in [0.1, 0.15) is 96.7 Å². The van der Waals surface area contributed by atoms with E-state index >= 15 is 0 Å². The Bertz CT molecular complexity index is 3100. The monoisotopic (exact) mass is 943 g/mol. The molecule has 0 atom stereocenters. The number of aromatic nitrogens is 3. The van der Waals surface area contributed by atoms with E-state index in [1.165, 1.54) is 28.5 Å². The van der Waals surface area contributed by atoms with E-state index in [1.54, 1.807) is 32.0 Å². The Hall–Kier alpha value is -5.61. The molecule has 0 N–H and O–H groups in total. The van der Waals surface area contributed by atoms with E-state index in [0.717, 1.165) is 27.7 Å². The first kappa shape index (κ1) is 32.4. The number of pyridine rings is 1. The molecular weight excluding hydrogens is 887 g/mol. The molecular formula is C53H49IrN3O-2. The van der Waals surface area contributed by atoms with Crippen molar-refractivity contribution in [3.8, 4) is 39.5 Å². The number of benzene rings is 6. The number of aryl methyl sites for hydroxylation is 2. The molecule has 4 nitrogen and oxygen atoms in total. The maximum Gasteiger partial charge on any atom is 0.120 e. The van der Waals surface area contributed by atoms with Crippen LogP contribution >= 0.6 is 0 Å². The normalized spacial score (nSPS) is 13.8. The van der Waals surface area contributed by atoms with E-state index in [1.807, 2.05) is 66.7 Å². The number of imidazole rings is 1. The number of nitrogens with zero attached hydrogens (tertiary/aromatic N) is 3. The molecule has 1 radical (unpaired) electrons. The zero-order valence-corrected chi connectivity index (χ0v) is 35.8. The van der Waals surface area contributed by atoms with Gasteiger partial charge in [-0.05, 0) is 94.0 Å². The minimum atomic E-state index is -2.33. The van der Waals surface area contributed by atoms with Crippen LogP contribution in [-0.4, -0.2) is 14.5 Å².